The summed E-state index contributed by atoms with van der Waals surface area (Å²) in [6.07, 6.45) is 2.18. The van der Waals surface area contributed by atoms with Crippen LogP contribution in [0, 0.1) is 17.5 Å². The summed E-state index contributed by atoms with van der Waals surface area (Å²) in [5.74, 6) is -3.44. The molecular weight excluding hydrogens is 723 g/mol. The number of hydrogen-bond acceptors (Lipinski definition) is 6. The molecule has 1 aliphatic rings. The number of aromatic nitrogens is 1. The van der Waals surface area contributed by atoms with Gasteiger partial charge >= 0.3 is 6.09 Å². The number of carbonyl (C=O) groups excluding carboxylic acids is 2. The molecule has 53 heavy (non-hydrogen) atoms. The third-order valence-electron chi connectivity index (χ3n) is 10.1. The number of ether oxygens (including phenoxy) is 2. The van der Waals surface area contributed by atoms with Crippen LogP contribution in [0.2, 0.25) is 23.2 Å². The summed E-state index contributed by atoms with van der Waals surface area (Å²) < 4.78 is 63.2. The lowest BCUT2D eigenvalue weighted by atomic mass is 9.87. The quantitative estimate of drug-likeness (QED) is 0.184. The Bertz CT molecular complexity index is 1750. The van der Waals surface area contributed by atoms with Crippen LogP contribution >= 0.6 is 11.6 Å². The number of rotatable bonds is 12. The Morgan fingerprint density at radius 1 is 1.04 bits per heavy atom. The van der Waals surface area contributed by atoms with Crippen LogP contribution in [0.5, 0.6) is 0 Å². The van der Waals surface area contributed by atoms with Gasteiger partial charge in [0.15, 0.2) is 8.32 Å². The SMILES string of the molecule is CCC(CC1CN(C(=O)OC(C)(C)C)C(CO[Si](C)(C)C(C)(C)C)CO1)c1c(F)cncc1NC(=O)C[C@H](c1cccc(F)c1)c1ccc(Cl)c(F)c1. The number of pyridine rings is 1. The van der Waals surface area contributed by atoms with Crippen LogP contribution in [0.15, 0.2) is 54.9 Å². The van der Waals surface area contributed by atoms with E-state index in [1.807, 2.05) is 27.7 Å². The van der Waals surface area contributed by atoms with Crippen LogP contribution in [0.1, 0.15) is 96.3 Å². The molecule has 290 valence electrons. The molecule has 1 aromatic heterocycles. The maximum Gasteiger partial charge on any atom is 0.410 e. The van der Waals surface area contributed by atoms with Gasteiger partial charge in [-0.3, -0.25) is 14.7 Å². The summed E-state index contributed by atoms with van der Waals surface area (Å²) in [5.41, 5.74) is 0.607. The second kappa shape index (κ2) is 17.3. The molecular formula is C40H53ClF3N3O5Si. The highest BCUT2D eigenvalue weighted by atomic mass is 35.5. The third kappa shape index (κ3) is 11.3. The van der Waals surface area contributed by atoms with E-state index in [-0.39, 0.29) is 46.9 Å². The highest BCUT2D eigenvalue weighted by molar-refractivity contribution is 6.74. The monoisotopic (exact) mass is 775 g/mol. The number of nitrogens with one attached hydrogen (secondary N) is 1. The average molecular weight is 776 g/mol. The summed E-state index contributed by atoms with van der Waals surface area (Å²) in [5, 5.41) is 2.72. The van der Waals surface area contributed by atoms with E-state index in [9.17, 15) is 18.4 Å². The number of anilines is 1. The van der Waals surface area contributed by atoms with E-state index in [1.54, 1.807) is 17.0 Å². The fourth-order valence-electron chi connectivity index (χ4n) is 6.14. The molecule has 4 atom stereocenters. The Morgan fingerprint density at radius 2 is 1.74 bits per heavy atom. The number of nitrogens with zero attached hydrogens (tertiary/aromatic N) is 2. The molecule has 1 fully saturated rings. The topological polar surface area (TPSA) is 90.0 Å². The lowest BCUT2D eigenvalue weighted by molar-refractivity contribution is -0.116. The summed E-state index contributed by atoms with van der Waals surface area (Å²) in [4.78, 5) is 32.9. The molecule has 0 aliphatic carbocycles. The van der Waals surface area contributed by atoms with Crippen LogP contribution < -0.4 is 5.32 Å². The molecule has 2 heterocycles. The number of carbonyl (C=O) groups is 2. The Kier molecular flexibility index (Phi) is 13.8. The van der Waals surface area contributed by atoms with Gasteiger partial charge in [0, 0.05) is 17.9 Å². The maximum absolute atomic E-state index is 15.7. The number of morpholine rings is 1. The van der Waals surface area contributed by atoms with Crippen molar-refractivity contribution in [2.45, 2.75) is 115 Å². The molecule has 0 radical (unpaired) electrons. The highest BCUT2D eigenvalue weighted by Gasteiger charge is 2.41. The smallest absolute Gasteiger partial charge is 0.410 e. The Morgan fingerprint density at radius 3 is 2.36 bits per heavy atom. The predicted octanol–water partition coefficient (Wildman–Crippen LogP) is 10.2. The first kappa shape index (κ1) is 42.3. The second-order valence-electron chi connectivity index (χ2n) is 16.3. The van der Waals surface area contributed by atoms with Gasteiger partial charge in [-0.1, -0.05) is 57.5 Å². The van der Waals surface area contributed by atoms with Gasteiger partial charge in [0.1, 0.15) is 23.1 Å². The van der Waals surface area contributed by atoms with Gasteiger partial charge in [0.2, 0.25) is 5.91 Å². The van der Waals surface area contributed by atoms with E-state index in [0.717, 1.165) is 6.20 Å². The Balaban J connectivity index is 1.55. The predicted molar refractivity (Wildman–Crippen MR) is 204 cm³/mol. The van der Waals surface area contributed by atoms with Gasteiger partial charge in [-0.15, -0.1) is 0 Å². The van der Waals surface area contributed by atoms with Crippen molar-refractivity contribution in [3.8, 4) is 0 Å². The van der Waals surface area contributed by atoms with E-state index >= 15 is 4.39 Å². The molecule has 1 aliphatic heterocycles. The van der Waals surface area contributed by atoms with Crippen molar-refractivity contribution in [2.75, 3.05) is 25.1 Å². The summed E-state index contributed by atoms with van der Waals surface area (Å²) in [7, 11) is -2.13. The number of amides is 2. The van der Waals surface area contributed by atoms with E-state index in [0.29, 0.717) is 30.6 Å². The van der Waals surface area contributed by atoms with Crippen LogP contribution in [0.3, 0.4) is 0 Å². The molecule has 1 N–H and O–H groups in total. The van der Waals surface area contributed by atoms with Crippen molar-refractivity contribution in [1.82, 2.24) is 9.88 Å². The van der Waals surface area contributed by atoms with Gasteiger partial charge in [-0.25, -0.2) is 18.0 Å². The van der Waals surface area contributed by atoms with Crippen molar-refractivity contribution in [1.29, 1.82) is 0 Å². The Labute approximate surface area is 317 Å². The minimum atomic E-state index is -2.13. The van der Waals surface area contributed by atoms with Crippen molar-refractivity contribution in [3.05, 3.63) is 94.0 Å². The highest BCUT2D eigenvalue weighted by Crippen LogP contribution is 2.38. The zero-order chi connectivity index (χ0) is 39.3. The molecule has 1 saturated heterocycles. The van der Waals surface area contributed by atoms with Gasteiger partial charge in [0.05, 0.1) is 55.0 Å². The van der Waals surface area contributed by atoms with Crippen molar-refractivity contribution < 1.29 is 36.7 Å². The maximum atomic E-state index is 15.7. The van der Waals surface area contributed by atoms with E-state index in [1.165, 1.54) is 36.5 Å². The number of halogens is 4. The van der Waals surface area contributed by atoms with Crippen LogP contribution in [0.25, 0.3) is 0 Å². The van der Waals surface area contributed by atoms with Crippen molar-refractivity contribution in [3.63, 3.8) is 0 Å². The fraction of sp³-hybridized carbons (Fsp3) is 0.525. The van der Waals surface area contributed by atoms with Crippen LogP contribution in [-0.2, 0) is 18.7 Å². The van der Waals surface area contributed by atoms with E-state index in [4.69, 9.17) is 25.5 Å². The Hall–Kier alpha value is -3.45. The fourth-order valence-corrected chi connectivity index (χ4v) is 7.30. The summed E-state index contributed by atoms with van der Waals surface area (Å²) in [6.45, 7) is 18.8. The average Bonchev–Trinajstić information content (AvgIpc) is 3.06. The molecule has 3 aromatic rings. The number of benzene rings is 2. The van der Waals surface area contributed by atoms with Crippen LogP contribution in [-0.4, -0.2) is 67.7 Å². The minimum absolute atomic E-state index is 0.0218. The second-order valence-corrected chi connectivity index (χ2v) is 21.5. The first-order valence-corrected chi connectivity index (χ1v) is 21.4. The van der Waals surface area contributed by atoms with E-state index < -0.39 is 61.3 Å². The molecule has 0 spiro atoms. The molecule has 4 rings (SSSR count). The number of hydrogen-bond donors (Lipinski definition) is 1. The summed E-state index contributed by atoms with van der Waals surface area (Å²) in [6, 6.07) is 9.58. The lowest BCUT2D eigenvalue weighted by Crippen LogP contribution is -2.56. The first-order chi connectivity index (χ1) is 24.7. The zero-order valence-corrected chi connectivity index (χ0v) is 34.0. The molecule has 13 heteroatoms. The van der Waals surface area contributed by atoms with Gasteiger partial charge in [0.25, 0.3) is 0 Å². The lowest BCUT2D eigenvalue weighted by Gasteiger charge is -2.43. The van der Waals surface area contributed by atoms with Gasteiger partial charge < -0.3 is 19.2 Å². The van der Waals surface area contributed by atoms with Gasteiger partial charge in [-0.2, -0.15) is 0 Å². The first-order valence-electron chi connectivity index (χ1n) is 18.1. The van der Waals surface area contributed by atoms with Crippen molar-refractivity contribution in [2.24, 2.45) is 0 Å². The molecule has 2 aromatic carbocycles. The van der Waals surface area contributed by atoms with Crippen LogP contribution in [0.4, 0.5) is 23.7 Å². The van der Waals surface area contributed by atoms with Crippen molar-refractivity contribution >= 4 is 37.6 Å². The molecule has 0 bridgehead atoms. The largest absolute Gasteiger partial charge is 0.444 e. The molecule has 3 unspecified atom stereocenters. The third-order valence-corrected chi connectivity index (χ3v) is 14.9. The normalized spacial score (nSPS) is 18.0. The summed E-state index contributed by atoms with van der Waals surface area (Å²) >= 11 is 5.92. The van der Waals surface area contributed by atoms with E-state index in [2.05, 4.69) is 44.2 Å². The zero-order valence-electron chi connectivity index (χ0n) is 32.2. The molecule has 0 saturated carbocycles. The minimum Gasteiger partial charge on any atom is -0.444 e. The molecule has 2 amide bonds. The standard InChI is InChI=1S/C40H53ClF3N3O5Si/c1-10-25(17-30-22-47(38(49)52-39(2,3)4)29(23-50-30)24-51-53(8,9)40(5,6)7)37-34(44)20-45-21-35(37)46-36(48)19-31(26-12-11-13-28(42)16-26)27-14-15-32(41)33(43)18-27/h11-16,18,20-21,25,29-31H,10,17,19,22-24H2,1-9H3,(H,46,48)/t25?,29?,30?,31-/m1/s1. The van der Waals surface area contributed by atoms with Gasteiger partial charge in [-0.05, 0) is 93.1 Å². The molecule has 8 nitrogen and oxygen atoms in total.